The summed E-state index contributed by atoms with van der Waals surface area (Å²) in [6.07, 6.45) is 1.56. The second-order valence-electron chi connectivity index (χ2n) is 4.56. The SMILES string of the molecule is CCn1cc(NC(=O)c2c(Cl)c(C)nn2C)c(C(=O)OC)n1. The number of hydrogen-bond acceptors (Lipinski definition) is 5. The maximum absolute atomic E-state index is 12.4. The lowest BCUT2D eigenvalue weighted by atomic mass is 10.3. The van der Waals surface area contributed by atoms with Crippen molar-refractivity contribution in [3.05, 3.63) is 28.3 Å². The number of esters is 1. The molecule has 0 aliphatic rings. The number of methoxy groups -OCH3 is 1. The van der Waals surface area contributed by atoms with Gasteiger partial charge < -0.3 is 10.1 Å². The summed E-state index contributed by atoms with van der Waals surface area (Å²) in [5, 5.41) is 11.0. The first-order valence-corrected chi connectivity index (χ1v) is 6.93. The molecule has 2 aromatic heterocycles. The highest BCUT2D eigenvalue weighted by molar-refractivity contribution is 6.34. The van der Waals surface area contributed by atoms with Crippen molar-refractivity contribution in [3.8, 4) is 0 Å². The van der Waals surface area contributed by atoms with E-state index >= 15 is 0 Å². The van der Waals surface area contributed by atoms with E-state index in [0.717, 1.165) is 0 Å². The first kappa shape index (κ1) is 16.0. The molecule has 0 aromatic carbocycles. The second kappa shape index (κ2) is 6.18. The molecule has 0 bridgehead atoms. The Morgan fingerprint density at radius 3 is 2.59 bits per heavy atom. The predicted octanol–water partition coefficient (Wildman–Crippen LogP) is 1.64. The van der Waals surface area contributed by atoms with Gasteiger partial charge in [0.05, 0.1) is 23.5 Å². The summed E-state index contributed by atoms with van der Waals surface area (Å²) in [5.74, 6) is -1.11. The van der Waals surface area contributed by atoms with Crippen LogP contribution >= 0.6 is 11.6 Å². The summed E-state index contributed by atoms with van der Waals surface area (Å²) in [6, 6.07) is 0. The number of amides is 1. The smallest absolute Gasteiger partial charge is 0.360 e. The quantitative estimate of drug-likeness (QED) is 0.863. The zero-order valence-electron chi connectivity index (χ0n) is 12.7. The van der Waals surface area contributed by atoms with Gasteiger partial charge in [-0.2, -0.15) is 10.2 Å². The average molecular weight is 326 g/mol. The number of aryl methyl sites for hydroxylation is 3. The van der Waals surface area contributed by atoms with Crippen LogP contribution in [0.1, 0.15) is 33.6 Å². The topological polar surface area (TPSA) is 91.0 Å². The van der Waals surface area contributed by atoms with Gasteiger partial charge in [-0.25, -0.2) is 4.79 Å². The molecule has 8 nitrogen and oxygen atoms in total. The van der Waals surface area contributed by atoms with Crippen LogP contribution in [0.25, 0.3) is 0 Å². The number of rotatable bonds is 4. The van der Waals surface area contributed by atoms with E-state index in [9.17, 15) is 9.59 Å². The number of nitrogens with zero attached hydrogens (tertiary/aromatic N) is 4. The van der Waals surface area contributed by atoms with Crippen molar-refractivity contribution >= 4 is 29.2 Å². The van der Waals surface area contributed by atoms with Gasteiger partial charge in [-0.1, -0.05) is 11.6 Å². The minimum Gasteiger partial charge on any atom is -0.464 e. The number of ether oxygens (including phenoxy) is 1. The molecule has 2 aromatic rings. The van der Waals surface area contributed by atoms with Gasteiger partial charge in [-0.3, -0.25) is 14.2 Å². The lowest BCUT2D eigenvalue weighted by molar-refractivity contribution is 0.0594. The third-order valence-electron chi connectivity index (χ3n) is 3.08. The highest BCUT2D eigenvalue weighted by Crippen LogP contribution is 2.22. The van der Waals surface area contributed by atoms with Crippen LogP contribution in [0.4, 0.5) is 5.69 Å². The standard InChI is InChI=1S/C13H16ClN5O3/c1-5-19-6-8(10(17-19)13(21)22-4)15-12(20)11-9(14)7(2)16-18(11)3/h6H,5H2,1-4H3,(H,15,20). The van der Waals surface area contributed by atoms with Crippen LogP contribution in [0.3, 0.4) is 0 Å². The Labute approximate surface area is 132 Å². The minimum atomic E-state index is -0.630. The number of anilines is 1. The van der Waals surface area contributed by atoms with E-state index in [0.29, 0.717) is 12.2 Å². The average Bonchev–Trinajstić information content (AvgIpc) is 2.99. The number of aromatic nitrogens is 4. The van der Waals surface area contributed by atoms with Gasteiger partial charge in [0.15, 0.2) is 5.69 Å². The van der Waals surface area contributed by atoms with Crippen molar-refractivity contribution in [1.29, 1.82) is 0 Å². The Balaban J connectivity index is 2.36. The fourth-order valence-electron chi connectivity index (χ4n) is 1.98. The van der Waals surface area contributed by atoms with Crippen molar-refractivity contribution in [2.24, 2.45) is 7.05 Å². The number of halogens is 1. The molecule has 2 rings (SSSR count). The van der Waals surface area contributed by atoms with E-state index in [4.69, 9.17) is 11.6 Å². The van der Waals surface area contributed by atoms with E-state index < -0.39 is 11.9 Å². The van der Waals surface area contributed by atoms with Gasteiger partial charge in [0, 0.05) is 19.8 Å². The number of hydrogen-bond donors (Lipinski definition) is 1. The Kier molecular flexibility index (Phi) is 4.51. The van der Waals surface area contributed by atoms with E-state index in [1.807, 2.05) is 6.92 Å². The molecule has 0 fully saturated rings. The van der Waals surface area contributed by atoms with Crippen molar-refractivity contribution in [3.63, 3.8) is 0 Å². The molecule has 9 heteroatoms. The molecular formula is C13H16ClN5O3. The fourth-order valence-corrected chi connectivity index (χ4v) is 2.23. The molecule has 1 amide bonds. The monoisotopic (exact) mass is 325 g/mol. The summed E-state index contributed by atoms with van der Waals surface area (Å²) in [6.45, 7) is 4.11. The Hall–Kier alpha value is -2.35. The van der Waals surface area contributed by atoms with Crippen LogP contribution in [-0.4, -0.2) is 38.5 Å². The Morgan fingerprint density at radius 2 is 2.09 bits per heavy atom. The van der Waals surface area contributed by atoms with Crippen LogP contribution in [0, 0.1) is 6.92 Å². The molecule has 2 heterocycles. The van der Waals surface area contributed by atoms with Gasteiger partial charge in [-0.05, 0) is 13.8 Å². The summed E-state index contributed by atoms with van der Waals surface area (Å²) in [5.41, 5.74) is 1.05. The minimum absolute atomic E-state index is 0.0349. The van der Waals surface area contributed by atoms with E-state index in [1.165, 1.54) is 16.5 Å². The maximum atomic E-state index is 12.4. The Bertz CT molecular complexity index is 734. The highest BCUT2D eigenvalue weighted by atomic mass is 35.5. The molecule has 0 radical (unpaired) electrons. The predicted molar refractivity (Wildman–Crippen MR) is 80.1 cm³/mol. The first-order chi connectivity index (χ1) is 10.4. The molecule has 0 unspecified atom stereocenters. The number of nitrogens with one attached hydrogen (secondary N) is 1. The van der Waals surface area contributed by atoms with Crippen molar-refractivity contribution in [2.45, 2.75) is 20.4 Å². The van der Waals surface area contributed by atoms with Crippen molar-refractivity contribution in [2.75, 3.05) is 12.4 Å². The largest absolute Gasteiger partial charge is 0.464 e. The van der Waals surface area contributed by atoms with Crippen LogP contribution in [0.15, 0.2) is 6.20 Å². The van der Waals surface area contributed by atoms with Gasteiger partial charge in [0.1, 0.15) is 5.69 Å². The molecule has 118 valence electrons. The fraction of sp³-hybridized carbons (Fsp3) is 0.385. The molecule has 0 spiro atoms. The van der Waals surface area contributed by atoms with Gasteiger partial charge >= 0.3 is 5.97 Å². The lowest BCUT2D eigenvalue weighted by Gasteiger charge is -2.05. The summed E-state index contributed by atoms with van der Waals surface area (Å²) in [7, 11) is 2.87. The maximum Gasteiger partial charge on any atom is 0.360 e. The molecule has 22 heavy (non-hydrogen) atoms. The molecule has 1 N–H and O–H groups in total. The third-order valence-corrected chi connectivity index (χ3v) is 3.53. The molecular weight excluding hydrogens is 310 g/mol. The van der Waals surface area contributed by atoms with Crippen molar-refractivity contribution < 1.29 is 14.3 Å². The normalized spacial score (nSPS) is 10.6. The van der Waals surface area contributed by atoms with Crippen LogP contribution in [0.5, 0.6) is 0 Å². The molecule has 0 saturated heterocycles. The van der Waals surface area contributed by atoms with Gasteiger partial charge in [0.2, 0.25) is 0 Å². The highest BCUT2D eigenvalue weighted by Gasteiger charge is 2.23. The zero-order valence-corrected chi connectivity index (χ0v) is 13.4. The van der Waals surface area contributed by atoms with E-state index in [1.54, 1.807) is 20.2 Å². The van der Waals surface area contributed by atoms with E-state index in [2.05, 4.69) is 20.3 Å². The summed E-state index contributed by atoms with van der Waals surface area (Å²) >= 11 is 6.08. The third kappa shape index (κ3) is 2.82. The van der Waals surface area contributed by atoms with E-state index in [-0.39, 0.29) is 22.1 Å². The van der Waals surface area contributed by atoms with Crippen molar-refractivity contribution in [1.82, 2.24) is 19.6 Å². The van der Waals surface area contributed by atoms with Gasteiger partial charge in [0.25, 0.3) is 5.91 Å². The summed E-state index contributed by atoms with van der Waals surface area (Å²) < 4.78 is 7.57. The number of carbonyl (C=O) groups excluding carboxylic acids is 2. The molecule has 0 aliphatic carbocycles. The number of carbonyl (C=O) groups is 2. The Morgan fingerprint density at radius 1 is 1.41 bits per heavy atom. The lowest BCUT2D eigenvalue weighted by Crippen LogP contribution is -2.18. The molecule has 0 atom stereocenters. The van der Waals surface area contributed by atoms with Crippen LogP contribution < -0.4 is 5.32 Å². The second-order valence-corrected chi connectivity index (χ2v) is 4.94. The van der Waals surface area contributed by atoms with Gasteiger partial charge in [-0.15, -0.1) is 0 Å². The van der Waals surface area contributed by atoms with Crippen LogP contribution in [0.2, 0.25) is 5.02 Å². The summed E-state index contributed by atoms with van der Waals surface area (Å²) in [4.78, 5) is 24.1. The molecule has 0 aliphatic heterocycles. The van der Waals surface area contributed by atoms with Crippen LogP contribution in [-0.2, 0) is 18.3 Å². The first-order valence-electron chi connectivity index (χ1n) is 6.55. The zero-order chi connectivity index (χ0) is 16.4. The molecule has 0 saturated carbocycles.